The predicted octanol–water partition coefficient (Wildman–Crippen LogP) is 4.88. The van der Waals surface area contributed by atoms with Crippen molar-refractivity contribution < 1.29 is 14.3 Å². The minimum Gasteiger partial charge on any atom is -0.493 e. The monoisotopic (exact) mass is 461 g/mol. The van der Waals surface area contributed by atoms with Crippen LogP contribution in [0.15, 0.2) is 48.2 Å². The van der Waals surface area contributed by atoms with Crippen LogP contribution in [0.5, 0.6) is 11.5 Å². The first kappa shape index (κ1) is 22.8. The average Bonchev–Trinajstić information content (AvgIpc) is 3.06. The van der Waals surface area contributed by atoms with Crippen LogP contribution in [0.2, 0.25) is 0 Å². The summed E-state index contributed by atoms with van der Waals surface area (Å²) < 4.78 is 11.5. The van der Waals surface area contributed by atoms with Crippen LogP contribution in [0.25, 0.3) is 6.08 Å². The van der Waals surface area contributed by atoms with Gasteiger partial charge in [0, 0.05) is 18.7 Å². The van der Waals surface area contributed by atoms with Crippen LogP contribution in [0, 0.1) is 11.3 Å². The summed E-state index contributed by atoms with van der Waals surface area (Å²) in [7, 11) is 3.42. The fraction of sp³-hybridized carbons (Fsp3) is 0.346. The summed E-state index contributed by atoms with van der Waals surface area (Å²) in [5.41, 5.74) is 2.77. The molecule has 7 heteroatoms. The van der Waals surface area contributed by atoms with Crippen molar-refractivity contribution >= 4 is 29.3 Å². The lowest BCUT2D eigenvalue weighted by Crippen LogP contribution is -2.41. The molecule has 1 aliphatic carbocycles. The molecular formula is C26H27N3O3S. The summed E-state index contributed by atoms with van der Waals surface area (Å²) in [6.07, 6.45) is 7.34. The highest BCUT2D eigenvalue weighted by molar-refractivity contribution is 7.80. The van der Waals surface area contributed by atoms with Gasteiger partial charge in [0.05, 0.1) is 18.7 Å². The molecule has 0 bridgehead atoms. The topological polar surface area (TPSA) is 65.8 Å². The molecule has 33 heavy (non-hydrogen) atoms. The van der Waals surface area contributed by atoms with Crippen LogP contribution in [-0.4, -0.2) is 41.0 Å². The van der Waals surface area contributed by atoms with E-state index in [4.69, 9.17) is 21.7 Å². The number of methoxy groups -OCH3 is 1. The lowest BCUT2D eigenvalue weighted by Gasteiger charge is -2.30. The van der Waals surface area contributed by atoms with Gasteiger partial charge in [-0.05, 0) is 54.9 Å². The highest BCUT2D eigenvalue weighted by Crippen LogP contribution is 2.33. The van der Waals surface area contributed by atoms with E-state index in [1.54, 1.807) is 23.0 Å². The summed E-state index contributed by atoms with van der Waals surface area (Å²) >= 11 is 5.61. The first-order valence-corrected chi connectivity index (χ1v) is 11.6. The van der Waals surface area contributed by atoms with Gasteiger partial charge in [0.1, 0.15) is 12.3 Å². The Hall–Kier alpha value is -3.37. The lowest BCUT2D eigenvalue weighted by atomic mass is 9.94. The van der Waals surface area contributed by atoms with E-state index in [1.165, 1.54) is 6.42 Å². The smallest absolute Gasteiger partial charge is 0.277 e. The molecule has 0 unspecified atom stereocenters. The Labute approximate surface area is 200 Å². The molecule has 6 nitrogen and oxygen atoms in total. The van der Waals surface area contributed by atoms with Crippen molar-refractivity contribution in [3.63, 3.8) is 0 Å². The summed E-state index contributed by atoms with van der Waals surface area (Å²) in [5.74, 6) is 1.08. The summed E-state index contributed by atoms with van der Waals surface area (Å²) in [6, 6.07) is 15.2. The molecule has 2 fully saturated rings. The molecular weight excluding hydrogens is 434 g/mol. The molecule has 2 aliphatic rings. The third-order valence-corrected chi connectivity index (χ3v) is 6.71. The van der Waals surface area contributed by atoms with Crippen LogP contribution in [0.1, 0.15) is 48.8 Å². The van der Waals surface area contributed by atoms with Crippen molar-refractivity contribution in [2.45, 2.75) is 44.8 Å². The van der Waals surface area contributed by atoms with Crippen molar-refractivity contribution in [1.29, 1.82) is 5.26 Å². The molecule has 0 aromatic heterocycles. The number of carbonyl (C=O) groups excluding carboxylic acids is 1. The zero-order chi connectivity index (χ0) is 23.4. The Morgan fingerprint density at radius 3 is 2.64 bits per heavy atom. The van der Waals surface area contributed by atoms with E-state index in [-0.39, 0.29) is 18.6 Å². The molecule has 0 radical (unpaired) electrons. The van der Waals surface area contributed by atoms with Gasteiger partial charge < -0.3 is 14.4 Å². The van der Waals surface area contributed by atoms with Crippen LogP contribution in [0.3, 0.4) is 0 Å². The number of benzene rings is 2. The van der Waals surface area contributed by atoms with Crippen LogP contribution < -0.4 is 9.47 Å². The van der Waals surface area contributed by atoms with Gasteiger partial charge in [-0.1, -0.05) is 43.5 Å². The van der Waals surface area contributed by atoms with E-state index in [0.29, 0.717) is 27.9 Å². The summed E-state index contributed by atoms with van der Waals surface area (Å²) in [5, 5.41) is 9.84. The Morgan fingerprint density at radius 1 is 1.15 bits per heavy atom. The van der Waals surface area contributed by atoms with Crippen LogP contribution in [0.4, 0.5) is 0 Å². The van der Waals surface area contributed by atoms with Gasteiger partial charge in [0.25, 0.3) is 5.91 Å². The molecule has 4 rings (SSSR count). The van der Waals surface area contributed by atoms with E-state index in [9.17, 15) is 10.1 Å². The van der Waals surface area contributed by atoms with Crippen LogP contribution >= 0.6 is 12.2 Å². The Bertz CT molecular complexity index is 1130. The van der Waals surface area contributed by atoms with Crippen molar-refractivity contribution in [3.05, 3.63) is 64.9 Å². The van der Waals surface area contributed by atoms with E-state index in [1.807, 2.05) is 49.5 Å². The van der Waals surface area contributed by atoms with E-state index >= 15 is 0 Å². The highest BCUT2D eigenvalue weighted by atomic mass is 32.1. The second kappa shape index (κ2) is 10.1. The van der Waals surface area contributed by atoms with Gasteiger partial charge in [0.2, 0.25) is 0 Å². The molecule has 1 saturated carbocycles. The number of nitrogens with zero attached hydrogens (tertiary/aromatic N) is 3. The van der Waals surface area contributed by atoms with Gasteiger partial charge in [-0.3, -0.25) is 9.69 Å². The maximum absolute atomic E-state index is 13.2. The van der Waals surface area contributed by atoms with E-state index in [0.717, 1.165) is 36.8 Å². The van der Waals surface area contributed by atoms with Gasteiger partial charge >= 0.3 is 0 Å². The molecule has 170 valence electrons. The SMILES string of the molecule is COc1cc(/C=C2\C(=O)N(C3CCCCC3)C(=S)N2C)ccc1OCc1ccccc1C#N. The maximum Gasteiger partial charge on any atom is 0.277 e. The fourth-order valence-corrected chi connectivity index (χ4v) is 4.73. The number of rotatable bonds is 6. The minimum absolute atomic E-state index is 0.0400. The van der Waals surface area contributed by atoms with E-state index < -0.39 is 0 Å². The van der Waals surface area contributed by atoms with Crippen molar-refractivity contribution in [2.24, 2.45) is 0 Å². The second-order valence-electron chi connectivity index (χ2n) is 8.31. The Balaban J connectivity index is 1.54. The normalized spacial score (nSPS) is 18.0. The largest absolute Gasteiger partial charge is 0.493 e. The molecule has 1 amide bonds. The molecule has 2 aromatic rings. The number of hydrogen-bond acceptors (Lipinski definition) is 5. The zero-order valence-corrected chi connectivity index (χ0v) is 19.7. The molecule has 1 aliphatic heterocycles. The van der Waals surface area contributed by atoms with Gasteiger partial charge in [-0.15, -0.1) is 0 Å². The number of likely N-dealkylation sites (N-methyl/N-ethyl adjacent to an activating group) is 1. The van der Waals surface area contributed by atoms with Crippen molar-refractivity contribution in [1.82, 2.24) is 9.80 Å². The number of hydrogen-bond donors (Lipinski definition) is 0. The zero-order valence-electron chi connectivity index (χ0n) is 18.9. The summed E-state index contributed by atoms with van der Waals surface area (Å²) in [6.45, 7) is 0.256. The van der Waals surface area contributed by atoms with Crippen LogP contribution in [-0.2, 0) is 11.4 Å². The standard InChI is InChI=1S/C26H27N3O3S/c1-28-22(25(30)29(26(28)33)21-10-4-3-5-11-21)14-18-12-13-23(24(15-18)31-2)32-17-20-9-7-6-8-19(20)16-27/h6-9,12-15,21H,3-5,10-11,17H2,1-2H3/b22-14+. The molecule has 0 N–H and O–H groups in total. The van der Waals surface area contributed by atoms with Crippen molar-refractivity contribution in [3.8, 4) is 17.6 Å². The molecule has 1 saturated heterocycles. The lowest BCUT2D eigenvalue weighted by molar-refractivity contribution is -0.124. The molecule has 1 heterocycles. The van der Waals surface area contributed by atoms with Gasteiger partial charge in [-0.25, -0.2) is 0 Å². The number of ether oxygens (including phenoxy) is 2. The average molecular weight is 462 g/mol. The quantitative estimate of drug-likeness (QED) is 0.451. The first-order valence-electron chi connectivity index (χ1n) is 11.1. The first-order chi connectivity index (χ1) is 16.0. The molecule has 0 spiro atoms. The summed E-state index contributed by atoms with van der Waals surface area (Å²) in [4.78, 5) is 16.8. The third kappa shape index (κ3) is 4.71. The fourth-order valence-electron chi connectivity index (χ4n) is 4.40. The maximum atomic E-state index is 13.2. The molecule has 2 aromatic carbocycles. The third-order valence-electron chi connectivity index (χ3n) is 6.24. The Kier molecular flexibility index (Phi) is 6.95. The van der Waals surface area contributed by atoms with Gasteiger partial charge in [-0.2, -0.15) is 5.26 Å². The number of thiocarbonyl (C=S) groups is 1. The number of carbonyl (C=O) groups is 1. The predicted molar refractivity (Wildman–Crippen MR) is 131 cm³/mol. The number of amides is 1. The van der Waals surface area contributed by atoms with Crippen molar-refractivity contribution in [2.75, 3.05) is 14.2 Å². The molecule has 0 atom stereocenters. The highest BCUT2D eigenvalue weighted by Gasteiger charge is 2.40. The second-order valence-corrected chi connectivity index (χ2v) is 8.67. The Morgan fingerprint density at radius 2 is 1.91 bits per heavy atom. The minimum atomic E-state index is -0.0400. The van der Waals surface area contributed by atoms with Gasteiger partial charge in [0.15, 0.2) is 16.6 Å². The van der Waals surface area contributed by atoms with E-state index in [2.05, 4.69) is 6.07 Å². The number of nitriles is 1.